The summed E-state index contributed by atoms with van der Waals surface area (Å²) in [5, 5.41) is 5.43. The Balaban J connectivity index is 1.64. The fourth-order valence-corrected chi connectivity index (χ4v) is 2.88. The van der Waals surface area contributed by atoms with E-state index < -0.39 is 0 Å². The minimum Gasteiger partial charge on any atom is -0.483 e. The highest BCUT2D eigenvalue weighted by molar-refractivity contribution is 5.96. The number of aromatic nitrogens is 1. The van der Waals surface area contributed by atoms with Crippen LogP contribution in [0.25, 0.3) is 0 Å². The van der Waals surface area contributed by atoms with Crippen molar-refractivity contribution in [3.8, 4) is 5.75 Å². The first-order chi connectivity index (χ1) is 14.4. The lowest BCUT2D eigenvalue weighted by atomic mass is 10.2. The maximum Gasteiger partial charge on any atom is 0.251 e. The van der Waals surface area contributed by atoms with Crippen LogP contribution >= 0.6 is 0 Å². The summed E-state index contributed by atoms with van der Waals surface area (Å²) in [5.74, 6) is -0.268. The third kappa shape index (κ3) is 5.57. The number of benzene rings is 2. The average Bonchev–Trinajstić information content (AvgIpc) is 2.73. The molecule has 154 valence electrons. The second kappa shape index (κ2) is 9.56. The second-order valence-electron chi connectivity index (χ2n) is 6.82. The van der Waals surface area contributed by atoms with Gasteiger partial charge in [0.05, 0.1) is 12.7 Å². The van der Waals surface area contributed by atoms with E-state index in [2.05, 4.69) is 10.6 Å². The Hall–Kier alpha value is -3.87. The van der Waals surface area contributed by atoms with Crippen molar-refractivity contribution in [2.45, 2.75) is 20.1 Å². The minimum absolute atomic E-state index is 0.175. The van der Waals surface area contributed by atoms with Crippen molar-refractivity contribution in [1.82, 2.24) is 9.88 Å². The predicted molar refractivity (Wildman–Crippen MR) is 114 cm³/mol. The number of anilines is 1. The summed E-state index contributed by atoms with van der Waals surface area (Å²) in [6.07, 6.45) is 1.62. The number of aryl methyl sites for hydroxylation is 1. The van der Waals surface area contributed by atoms with E-state index in [-0.39, 0.29) is 29.5 Å². The molecular formula is C23H23N3O4. The van der Waals surface area contributed by atoms with Crippen molar-refractivity contribution in [1.29, 1.82) is 0 Å². The number of amides is 2. The lowest BCUT2D eigenvalue weighted by Gasteiger charge is -2.13. The van der Waals surface area contributed by atoms with Crippen molar-refractivity contribution in [2.75, 3.05) is 5.32 Å². The van der Waals surface area contributed by atoms with Gasteiger partial charge in [-0.25, -0.2) is 0 Å². The molecule has 2 N–H and O–H groups in total. The van der Waals surface area contributed by atoms with E-state index in [9.17, 15) is 14.4 Å². The highest BCUT2D eigenvalue weighted by atomic mass is 16.5. The van der Waals surface area contributed by atoms with Gasteiger partial charge in [-0.3, -0.25) is 14.4 Å². The molecule has 1 aromatic heterocycles. The van der Waals surface area contributed by atoms with Gasteiger partial charge in [-0.1, -0.05) is 36.4 Å². The van der Waals surface area contributed by atoms with Crippen LogP contribution in [0.15, 0.2) is 71.7 Å². The van der Waals surface area contributed by atoms with Gasteiger partial charge >= 0.3 is 0 Å². The minimum atomic E-state index is -0.306. The SMILES string of the molecule is CC(=O)Nc1cccc(C(=O)NCc2cc(=O)c(OCc3ccccc3)cn2C)c1. The van der Waals surface area contributed by atoms with Crippen molar-refractivity contribution in [3.05, 3.63) is 93.9 Å². The van der Waals surface area contributed by atoms with Gasteiger partial charge in [-0.05, 0) is 23.8 Å². The fourth-order valence-electron chi connectivity index (χ4n) is 2.88. The van der Waals surface area contributed by atoms with E-state index in [4.69, 9.17) is 4.74 Å². The topological polar surface area (TPSA) is 89.4 Å². The third-order valence-electron chi connectivity index (χ3n) is 4.42. The zero-order valence-corrected chi connectivity index (χ0v) is 16.8. The fraction of sp³-hybridized carbons (Fsp3) is 0.174. The van der Waals surface area contributed by atoms with E-state index in [1.165, 1.54) is 13.0 Å². The zero-order valence-electron chi connectivity index (χ0n) is 16.8. The van der Waals surface area contributed by atoms with Gasteiger partial charge in [0.25, 0.3) is 5.91 Å². The maximum atomic E-state index is 12.4. The summed E-state index contributed by atoms with van der Waals surface area (Å²) < 4.78 is 7.39. The number of carbonyl (C=O) groups is 2. The smallest absolute Gasteiger partial charge is 0.251 e. The molecule has 2 aromatic carbocycles. The summed E-state index contributed by atoms with van der Waals surface area (Å²) in [5.41, 5.74) is 2.31. The van der Waals surface area contributed by atoms with Crippen LogP contribution in [0.2, 0.25) is 0 Å². The Labute approximate surface area is 174 Å². The van der Waals surface area contributed by atoms with Crippen LogP contribution in [-0.2, 0) is 25.0 Å². The van der Waals surface area contributed by atoms with Gasteiger partial charge in [-0.2, -0.15) is 0 Å². The highest BCUT2D eigenvalue weighted by Crippen LogP contribution is 2.12. The molecule has 0 aliphatic rings. The van der Waals surface area contributed by atoms with Crippen LogP contribution in [0.5, 0.6) is 5.75 Å². The van der Waals surface area contributed by atoms with E-state index in [0.29, 0.717) is 23.6 Å². The normalized spacial score (nSPS) is 10.3. The van der Waals surface area contributed by atoms with Gasteiger partial charge in [0.1, 0.15) is 6.61 Å². The summed E-state index contributed by atoms with van der Waals surface area (Å²) in [4.78, 5) is 36.0. The molecule has 0 aliphatic carbocycles. The molecule has 0 aliphatic heterocycles. The number of hydrogen-bond donors (Lipinski definition) is 2. The number of nitrogens with zero attached hydrogens (tertiary/aromatic N) is 1. The van der Waals surface area contributed by atoms with Gasteiger partial charge in [0.2, 0.25) is 11.3 Å². The first-order valence-electron chi connectivity index (χ1n) is 9.44. The van der Waals surface area contributed by atoms with Crippen LogP contribution in [0, 0.1) is 0 Å². The quantitative estimate of drug-likeness (QED) is 0.633. The van der Waals surface area contributed by atoms with Gasteiger partial charge < -0.3 is 19.9 Å². The zero-order chi connectivity index (χ0) is 21.5. The number of carbonyl (C=O) groups excluding carboxylic acids is 2. The standard InChI is InChI=1S/C23H23N3O4/c1-16(27)25-19-10-6-9-18(11-19)23(29)24-13-20-12-21(28)22(14-26(20)2)30-15-17-7-4-3-5-8-17/h3-12,14H,13,15H2,1-2H3,(H,24,29)(H,25,27). The molecule has 0 atom stereocenters. The molecule has 2 amide bonds. The molecule has 0 saturated heterocycles. The summed E-state index contributed by atoms with van der Waals surface area (Å²) in [6, 6.07) is 17.7. The first-order valence-corrected chi connectivity index (χ1v) is 9.44. The molecule has 30 heavy (non-hydrogen) atoms. The van der Waals surface area contributed by atoms with Crippen LogP contribution < -0.4 is 20.8 Å². The van der Waals surface area contributed by atoms with E-state index in [0.717, 1.165) is 5.56 Å². The monoisotopic (exact) mass is 405 g/mol. The molecule has 7 nitrogen and oxygen atoms in total. The molecule has 0 radical (unpaired) electrons. The molecule has 3 rings (SSSR count). The van der Waals surface area contributed by atoms with E-state index in [1.807, 2.05) is 30.3 Å². The maximum absolute atomic E-state index is 12.4. The number of ether oxygens (including phenoxy) is 1. The van der Waals surface area contributed by atoms with Crippen molar-refractivity contribution >= 4 is 17.5 Å². The molecule has 0 unspecified atom stereocenters. The summed E-state index contributed by atoms with van der Waals surface area (Å²) in [6.45, 7) is 1.88. The Kier molecular flexibility index (Phi) is 6.64. The summed E-state index contributed by atoms with van der Waals surface area (Å²) >= 11 is 0. The van der Waals surface area contributed by atoms with Gasteiger partial charge in [0, 0.05) is 37.0 Å². The third-order valence-corrected chi connectivity index (χ3v) is 4.42. The molecule has 0 saturated carbocycles. The Morgan fingerprint density at radius 3 is 2.53 bits per heavy atom. The van der Waals surface area contributed by atoms with Gasteiger partial charge in [-0.15, -0.1) is 0 Å². The number of nitrogens with one attached hydrogen (secondary N) is 2. The lowest BCUT2D eigenvalue weighted by Crippen LogP contribution is -2.26. The summed E-state index contributed by atoms with van der Waals surface area (Å²) in [7, 11) is 1.79. The van der Waals surface area contributed by atoms with Crippen molar-refractivity contribution in [3.63, 3.8) is 0 Å². The average molecular weight is 405 g/mol. The highest BCUT2D eigenvalue weighted by Gasteiger charge is 2.10. The Morgan fingerprint density at radius 2 is 1.80 bits per heavy atom. The predicted octanol–water partition coefficient (Wildman–Crippen LogP) is 2.85. The molecule has 1 heterocycles. The van der Waals surface area contributed by atoms with E-state index >= 15 is 0 Å². The molecular weight excluding hydrogens is 382 g/mol. The Bertz CT molecular complexity index is 1110. The second-order valence-corrected chi connectivity index (χ2v) is 6.82. The van der Waals surface area contributed by atoms with Crippen LogP contribution in [0.4, 0.5) is 5.69 Å². The van der Waals surface area contributed by atoms with Crippen LogP contribution in [-0.4, -0.2) is 16.4 Å². The molecule has 0 fully saturated rings. The van der Waals surface area contributed by atoms with Crippen molar-refractivity contribution in [2.24, 2.45) is 7.05 Å². The number of hydrogen-bond acceptors (Lipinski definition) is 4. The first kappa shape index (κ1) is 20.9. The number of pyridine rings is 1. The molecule has 0 bridgehead atoms. The van der Waals surface area contributed by atoms with Crippen LogP contribution in [0.3, 0.4) is 0 Å². The van der Waals surface area contributed by atoms with Crippen LogP contribution in [0.1, 0.15) is 28.5 Å². The lowest BCUT2D eigenvalue weighted by molar-refractivity contribution is -0.114. The molecule has 7 heteroatoms. The van der Waals surface area contributed by atoms with Crippen molar-refractivity contribution < 1.29 is 14.3 Å². The molecule has 0 spiro atoms. The van der Waals surface area contributed by atoms with Gasteiger partial charge in [0.15, 0.2) is 5.75 Å². The Morgan fingerprint density at radius 1 is 1.03 bits per heavy atom. The molecule has 3 aromatic rings. The number of rotatable bonds is 7. The van der Waals surface area contributed by atoms with E-state index in [1.54, 1.807) is 42.1 Å². The largest absolute Gasteiger partial charge is 0.483 e.